The molecular formula is C11H13F3N2O. The molecule has 0 radical (unpaired) electrons. The normalized spacial score (nSPS) is 11.1. The van der Waals surface area contributed by atoms with Gasteiger partial charge in [0.2, 0.25) is 0 Å². The second-order valence-corrected chi connectivity index (χ2v) is 3.75. The van der Waals surface area contributed by atoms with Crippen LogP contribution in [0.15, 0.2) is 24.3 Å². The van der Waals surface area contributed by atoms with Crippen molar-refractivity contribution < 1.29 is 18.0 Å². The van der Waals surface area contributed by atoms with Crippen LogP contribution in [-0.2, 0) is 12.7 Å². The van der Waals surface area contributed by atoms with E-state index < -0.39 is 11.7 Å². The third kappa shape index (κ3) is 3.97. The van der Waals surface area contributed by atoms with E-state index in [0.29, 0.717) is 5.56 Å². The molecule has 6 heteroatoms. The minimum absolute atomic E-state index is 0.204. The SMILES string of the molecule is CN(C)C(=O)NCc1ccc(C(F)(F)F)cc1. The molecule has 0 aliphatic heterocycles. The maximum atomic E-state index is 12.3. The molecule has 0 spiro atoms. The number of carbonyl (C=O) groups excluding carboxylic acids is 1. The molecule has 0 saturated carbocycles. The summed E-state index contributed by atoms with van der Waals surface area (Å²) in [6.45, 7) is 0.204. The van der Waals surface area contributed by atoms with Gasteiger partial charge in [0.05, 0.1) is 5.56 Å². The van der Waals surface area contributed by atoms with E-state index in [0.717, 1.165) is 12.1 Å². The Hall–Kier alpha value is -1.72. The van der Waals surface area contributed by atoms with E-state index in [1.807, 2.05) is 0 Å². The molecule has 0 fully saturated rings. The Morgan fingerprint density at radius 2 is 1.76 bits per heavy atom. The van der Waals surface area contributed by atoms with Gasteiger partial charge in [-0.3, -0.25) is 0 Å². The Morgan fingerprint density at radius 1 is 1.24 bits per heavy atom. The first-order valence-corrected chi connectivity index (χ1v) is 4.92. The number of amides is 2. The minimum atomic E-state index is -4.33. The molecule has 2 amide bonds. The summed E-state index contributed by atoms with van der Waals surface area (Å²) >= 11 is 0. The lowest BCUT2D eigenvalue weighted by atomic mass is 10.1. The molecule has 0 atom stereocenters. The summed E-state index contributed by atoms with van der Waals surface area (Å²) in [6.07, 6.45) is -4.33. The fourth-order valence-corrected chi connectivity index (χ4v) is 1.15. The Kier molecular flexibility index (Phi) is 3.98. The third-order valence-electron chi connectivity index (χ3n) is 2.13. The molecule has 0 aliphatic carbocycles. The van der Waals surface area contributed by atoms with E-state index in [1.165, 1.54) is 17.0 Å². The van der Waals surface area contributed by atoms with Crippen LogP contribution < -0.4 is 5.32 Å². The van der Waals surface area contributed by atoms with Crippen molar-refractivity contribution in [2.75, 3.05) is 14.1 Å². The molecule has 1 aromatic carbocycles. The molecule has 0 aliphatic rings. The fraction of sp³-hybridized carbons (Fsp3) is 0.364. The Labute approximate surface area is 97.2 Å². The van der Waals surface area contributed by atoms with Gasteiger partial charge in [0.15, 0.2) is 0 Å². The van der Waals surface area contributed by atoms with Gasteiger partial charge in [0.25, 0.3) is 0 Å². The molecule has 94 valence electrons. The number of urea groups is 1. The molecular weight excluding hydrogens is 233 g/mol. The predicted molar refractivity (Wildman–Crippen MR) is 57.4 cm³/mol. The predicted octanol–water partition coefficient (Wildman–Crippen LogP) is 2.48. The van der Waals surface area contributed by atoms with Crippen LogP contribution in [0.1, 0.15) is 11.1 Å². The summed E-state index contributed by atoms with van der Waals surface area (Å²) in [5.41, 5.74) is -0.0756. The number of benzene rings is 1. The third-order valence-corrected chi connectivity index (χ3v) is 2.13. The van der Waals surface area contributed by atoms with Crippen LogP contribution in [0.3, 0.4) is 0 Å². The first kappa shape index (κ1) is 13.3. The molecule has 1 N–H and O–H groups in total. The van der Waals surface area contributed by atoms with E-state index >= 15 is 0 Å². The highest BCUT2D eigenvalue weighted by molar-refractivity contribution is 5.73. The zero-order valence-corrected chi connectivity index (χ0v) is 9.51. The maximum absolute atomic E-state index is 12.3. The van der Waals surface area contributed by atoms with Gasteiger partial charge in [-0.25, -0.2) is 4.79 Å². The number of rotatable bonds is 2. The van der Waals surface area contributed by atoms with Gasteiger partial charge in [0.1, 0.15) is 0 Å². The van der Waals surface area contributed by atoms with Crippen molar-refractivity contribution in [2.24, 2.45) is 0 Å². The lowest BCUT2D eigenvalue weighted by molar-refractivity contribution is -0.137. The van der Waals surface area contributed by atoms with Crippen molar-refractivity contribution in [3.8, 4) is 0 Å². The number of nitrogens with one attached hydrogen (secondary N) is 1. The van der Waals surface area contributed by atoms with Crippen molar-refractivity contribution in [1.82, 2.24) is 10.2 Å². The molecule has 0 bridgehead atoms. The minimum Gasteiger partial charge on any atom is -0.334 e. The molecule has 1 aromatic rings. The topological polar surface area (TPSA) is 32.3 Å². The van der Waals surface area contributed by atoms with E-state index in [2.05, 4.69) is 5.32 Å². The van der Waals surface area contributed by atoms with Gasteiger partial charge in [0, 0.05) is 20.6 Å². The van der Waals surface area contributed by atoms with Crippen LogP contribution in [-0.4, -0.2) is 25.0 Å². The highest BCUT2D eigenvalue weighted by Gasteiger charge is 2.29. The average molecular weight is 246 g/mol. The Bertz CT molecular complexity index is 385. The van der Waals surface area contributed by atoms with Crippen LogP contribution in [0.4, 0.5) is 18.0 Å². The maximum Gasteiger partial charge on any atom is 0.416 e. The quantitative estimate of drug-likeness (QED) is 0.854. The van der Waals surface area contributed by atoms with Crippen molar-refractivity contribution in [2.45, 2.75) is 12.7 Å². The molecule has 0 unspecified atom stereocenters. The number of halogens is 3. The van der Waals surface area contributed by atoms with E-state index in [9.17, 15) is 18.0 Å². The highest BCUT2D eigenvalue weighted by atomic mass is 19.4. The second-order valence-electron chi connectivity index (χ2n) is 3.75. The van der Waals surface area contributed by atoms with Crippen LogP contribution in [0.5, 0.6) is 0 Å². The van der Waals surface area contributed by atoms with E-state index in [4.69, 9.17) is 0 Å². The Balaban J connectivity index is 2.61. The number of hydrogen-bond donors (Lipinski definition) is 1. The van der Waals surface area contributed by atoms with Crippen LogP contribution >= 0.6 is 0 Å². The van der Waals surface area contributed by atoms with Crippen LogP contribution in [0, 0.1) is 0 Å². The summed E-state index contributed by atoms with van der Waals surface area (Å²) in [5, 5.41) is 2.56. The molecule has 1 rings (SSSR count). The first-order chi connectivity index (χ1) is 7.80. The summed E-state index contributed by atoms with van der Waals surface area (Å²) in [4.78, 5) is 12.5. The molecule has 0 saturated heterocycles. The van der Waals surface area contributed by atoms with Gasteiger partial charge in [-0.2, -0.15) is 13.2 Å². The number of nitrogens with zero attached hydrogens (tertiary/aromatic N) is 1. The molecule has 3 nitrogen and oxygen atoms in total. The molecule has 0 heterocycles. The van der Waals surface area contributed by atoms with Crippen molar-refractivity contribution in [3.05, 3.63) is 35.4 Å². The molecule has 17 heavy (non-hydrogen) atoms. The Morgan fingerprint density at radius 3 is 2.18 bits per heavy atom. The van der Waals surface area contributed by atoms with E-state index in [1.54, 1.807) is 14.1 Å². The van der Waals surface area contributed by atoms with Gasteiger partial charge >= 0.3 is 12.2 Å². The standard InChI is InChI=1S/C11H13F3N2O/c1-16(2)10(17)15-7-8-3-5-9(6-4-8)11(12,13)14/h3-6H,7H2,1-2H3,(H,15,17). The number of alkyl halides is 3. The first-order valence-electron chi connectivity index (χ1n) is 4.92. The van der Waals surface area contributed by atoms with Gasteiger partial charge < -0.3 is 10.2 Å². The molecule has 0 aromatic heterocycles. The zero-order valence-electron chi connectivity index (χ0n) is 9.51. The summed E-state index contributed by atoms with van der Waals surface area (Å²) in [7, 11) is 3.17. The van der Waals surface area contributed by atoms with E-state index in [-0.39, 0.29) is 12.6 Å². The number of hydrogen-bond acceptors (Lipinski definition) is 1. The zero-order chi connectivity index (χ0) is 13.1. The summed E-state index contributed by atoms with van der Waals surface area (Å²) < 4.78 is 36.8. The van der Waals surface area contributed by atoms with Gasteiger partial charge in [-0.15, -0.1) is 0 Å². The van der Waals surface area contributed by atoms with Crippen molar-refractivity contribution >= 4 is 6.03 Å². The highest BCUT2D eigenvalue weighted by Crippen LogP contribution is 2.28. The smallest absolute Gasteiger partial charge is 0.334 e. The summed E-state index contributed by atoms with van der Waals surface area (Å²) in [5.74, 6) is 0. The lowest BCUT2D eigenvalue weighted by Gasteiger charge is -2.12. The van der Waals surface area contributed by atoms with Crippen molar-refractivity contribution in [3.63, 3.8) is 0 Å². The monoisotopic (exact) mass is 246 g/mol. The van der Waals surface area contributed by atoms with Crippen LogP contribution in [0.2, 0.25) is 0 Å². The lowest BCUT2D eigenvalue weighted by Crippen LogP contribution is -2.33. The average Bonchev–Trinajstić information content (AvgIpc) is 2.25. The van der Waals surface area contributed by atoms with Crippen LogP contribution in [0.25, 0.3) is 0 Å². The second kappa shape index (κ2) is 5.07. The summed E-state index contributed by atoms with van der Waals surface area (Å²) in [6, 6.07) is 4.40. The van der Waals surface area contributed by atoms with Gasteiger partial charge in [-0.05, 0) is 17.7 Å². The fourth-order valence-electron chi connectivity index (χ4n) is 1.15. The number of carbonyl (C=O) groups is 1. The van der Waals surface area contributed by atoms with Gasteiger partial charge in [-0.1, -0.05) is 12.1 Å². The largest absolute Gasteiger partial charge is 0.416 e. The van der Waals surface area contributed by atoms with Crippen molar-refractivity contribution in [1.29, 1.82) is 0 Å².